The smallest absolute Gasteiger partial charge is 0.137 e. The van der Waals surface area contributed by atoms with Crippen molar-refractivity contribution in [2.45, 2.75) is 37.7 Å². The third-order valence-electron chi connectivity index (χ3n) is 4.32. The van der Waals surface area contributed by atoms with E-state index in [1.807, 2.05) is 30.3 Å². The molecule has 0 unspecified atom stereocenters. The monoisotopic (exact) mass is 295 g/mol. The molecule has 1 aliphatic rings. The molecule has 1 saturated carbocycles. The molecule has 0 amide bonds. The average molecular weight is 295 g/mol. The van der Waals surface area contributed by atoms with E-state index in [4.69, 9.17) is 0 Å². The van der Waals surface area contributed by atoms with Crippen molar-refractivity contribution in [2.75, 3.05) is 0 Å². The van der Waals surface area contributed by atoms with Crippen LogP contribution >= 0.6 is 0 Å². The number of aliphatic hydroxyl groups is 1. The van der Waals surface area contributed by atoms with Crippen molar-refractivity contribution in [2.24, 2.45) is 0 Å². The van der Waals surface area contributed by atoms with E-state index in [-0.39, 0.29) is 5.56 Å². The number of halogens is 1. The maximum atomic E-state index is 15.1. The second-order valence-corrected chi connectivity index (χ2v) is 6.47. The van der Waals surface area contributed by atoms with Gasteiger partial charge in [0, 0.05) is 11.1 Å². The molecule has 22 heavy (non-hydrogen) atoms. The lowest BCUT2D eigenvalue weighted by Crippen LogP contribution is -2.24. The van der Waals surface area contributed by atoms with Gasteiger partial charge in [-0.25, -0.2) is 4.39 Å². The molecular weight excluding hydrogens is 277 g/mol. The SMILES string of the molecule is CC(C)(O)c1c(C2(C#N)CC2)ccc(-c2ccccc2)c1F. The maximum Gasteiger partial charge on any atom is 0.137 e. The summed E-state index contributed by atoms with van der Waals surface area (Å²) < 4.78 is 15.1. The molecule has 0 saturated heterocycles. The zero-order chi connectivity index (χ0) is 16.0. The van der Waals surface area contributed by atoms with E-state index in [9.17, 15) is 10.4 Å². The van der Waals surface area contributed by atoms with Gasteiger partial charge in [-0.05, 0) is 37.8 Å². The molecule has 1 aliphatic carbocycles. The van der Waals surface area contributed by atoms with Gasteiger partial charge in [0.15, 0.2) is 0 Å². The van der Waals surface area contributed by atoms with Gasteiger partial charge in [0.25, 0.3) is 0 Å². The van der Waals surface area contributed by atoms with Gasteiger partial charge in [0.2, 0.25) is 0 Å². The van der Waals surface area contributed by atoms with Crippen LogP contribution in [0.2, 0.25) is 0 Å². The second-order valence-electron chi connectivity index (χ2n) is 6.47. The largest absolute Gasteiger partial charge is 0.386 e. The van der Waals surface area contributed by atoms with Crippen molar-refractivity contribution < 1.29 is 9.50 Å². The fourth-order valence-electron chi connectivity index (χ4n) is 2.98. The molecule has 2 aromatic carbocycles. The number of benzene rings is 2. The minimum atomic E-state index is -1.34. The van der Waals surface area contributed by atoms with E-state index in [0.29, 0.717) is 11.1 Å². The van der Waals surface area contributed by atoms with Crippen molar-refractivity contribution in [1.29, 1.82) is 5.26 Å². The number of rotatable bonds is 3. The predicted molar refractivity (Wildman–Crippen MR) is 83.6 cm³/mol. The number of hydrogen-bond donors (Lipinski definition) is 1. The first-order valence-electron chi connectivity index (χ1n) is 7.41. The van der Waals surface area contributed by atoms with Gasteiger partial charge < -0.3 is 5.11 Å². The molecule has 2 aromatic rings. The van der Waals surface area contributed by atoms with Crippen LogP contribution in [0.1, 0.15) is 37.8 Å². The third-order valence-corrected chi connectivity index (χ3v) is 4.32. The van der Waals surface area contributed by atoms with Crippen molar-refractivity contribution in [3.8, 4) is 17.2 Å². The third kappa shape index (κ3) is 2.30. The van der Waals surface area contributed by atoms with Gasteiger partial charge in [0.1, 0.15) is 5.82 Å². The summed E-state index contributed by atoms with van der Waals surface area (Å²) >= 11 is 0. The van der Waals surface area contributed by atoms with Crippen LogP contribution in [0.5, 0.6) is 0 Å². The molecule has 3 rings (SSSR count). The summed E-state index contributed by atoms with van der Waals surface area (Å²) in [5, 5.41) is 19.9. The van der Waals surface area contributed by atoms with Crippen LogP contribution in [0.15, 0.2) is 42.5 Å². The molecule has 1 N–H and O–H groups in total. The Bertz CT molecular complexity index is 749. The summed E-state index contributed by atoms with van der Waals surface area (Å²) in [5.41, 5.74) is 0.115. The molecule has 0 radical (unpaired) electrons. The number of nitrogens with zero attached hydrogens (tertiary/aromatic N) is 1. The zero-order valence-electron chi connectivity index (χ0n) is 12.7. The lowest BCUT2D eigenvalue weighted by atomic mass is 9.82. The molecule has 0 heterocycles. The molecule has 0 atom stereocenters. The van der Waals surface area contributed by atoms with Crippen molar-refractivity contribution in [3.63, 3.8) is 0 Å². The van der Waals surface area contributed by atoms with Crippen LogP contribution in [0, 0.1) is 17.1 Å². The van der Waals surface area contributed by atoms with E-state index >= 15 is 4.39 Å². The summed E-state index contributed by atoms with van der Waals surface area (Å²) in [6, 6.07) is 15.1. The van der Waals surface area contributed by atoms with Crippen molar-refractivity contribution in [3.05, 3.63) is 59.4 Å². The molecular formula is C19H18FNO. The summed E-state index contributed by atoms with van der Waals surface area (Å²) in [6.45, 7) is 3.13. The van der Waals surface area contributed by atoms with Crippen LogP contribution in [0.25, 0.3) is 11.1 Å². The normalized spacial score (nSPS) is 16.1. The van der Waals surface area contributed by atoms with E-state index < -0.39 is 16.8 Å². The predicted octanol–water partition coefficient (Wildman–Crippen LogP) is 4.28. The average Bonchev–Trinajstić information content (AvgIpc) is 3.27. The van der Waals surface area contributed by atoms with Crippen LogP contribution < -0.4 is 0 Å². The Hall–Kier alpha value is -2.18. The molecule has 0 spiro atoms. The van der Waals surface area contributed by atoms with E-state index in [2.05, 4.69) is 6.07 Å². The van der Waals surface area contributed by atoms with Gasteiger partial charge >= 0.3 is 0 Å². The Morgan fingerprint density at radius 2 is 1.77 bits per heavy atom. The highest BCUT2D eigenvalue weighted by molar-refractivity contribution is 5.67. The molecule has 0 aliphatic heterocycles. The highest BCUT2D eigenvalue weighted by Gasteiger charge is 2.48. The minimum Gasteiger partial charge on any atom is -0.386 e. The fraction of sp³-hybridized carbons (Fsp3) is 0.316. The molecule has 1 fully saturated rings. The van der Waals surface area contributed by atoms with Crippen molar-refractivity contribution >= 4 is 0 Å². The van der Waals surface area contributed by atoms with Crippen LogP contribution in [0.3, 0.4) is 0 Å². The maximum absolute atomic E-state index is 15.1. The summed E-state index contributed by atoms with van der Waals surface area (Å²) in [5.74, 6) is -0.433. The summed E-state index contributed by atoms with van der Waals surface area (Å²) in [4.78, 5) is 0. The molecule has 112 valence electrons. The lowest BCUT2D eigenvalue weighted by molar-refractivity contribution is 0.0732. The van der Waals surface area contributed by atoms with Gasteiger partial charge in [-0.1, -0.05) is 42.5 Å². The van der Waals surface area contributed by atoms with Crippen molar-refractivity contribution in [1.82, 2.24) is 0 Å². The molecule has 0 bridgehead atoms. The van der Waals surface area contributed by atoms with E-state index in [1.165, 1.54) is 0 Å². The number of hydrogen-bond acceptors (Lipinski definition) is 2. The first-order valence-corrected chi connectivity index (χ1v) is 7.41. The Labute approximate surface area is 129 Å². The highest BCUT2D eigenvalue weighted by atomic mass is 19.1. The standard InChI is InChI=1S/C19H18FNO/c1-18(2,22)16-15(19(12-21)10-11-19)9-8-14(17(16)20)13-6-4-3-5-7-13/h3-9,22H,10-11H2,1-2H3. The first-order chi connectivity index (χ1) is 10.4. The fourth-order valence-corrected chi connectivity index (χ4v) is 2.98. The van der Waals surface area contributed by atoms with Gasteiger partial charge in [0.05, 0.1) is 17.1 Å². The Balaban J connectivity index is 2.25. The topological polar surface area (TPSA) is 44.0 Å². The summed E-state index contributed by atoms with van der Waals surface area (Å²) in [6.07, 6.45) is 1.44. The lowest BCUT2D eigenvalue weighted by Gasteiger charge is -2.26. The van der Waals surface area contributed by atoms with Gasteiger partial charge in [-0.15, -0.1) is 0 Å². The second kappa shape index (κ2) is 4.93. The summed E-state index contributed by atoms with van der Waals surface area (Å²) in [7, 11) is 0. The van der Waals surface area contributed by atoms with Gasteiger partial charge in [-0.2, -0.15) is 5.26 Å². The quantitative estimate of drug-likeness (QED) is 0.918. The van der Waals surface area contributed by atoms with Gasteiger partial charge in [-0.3, -0.25) is 0 Å². The van der Waals surface area contributed by atoms with Crippen LogP contribution in [-0.2, 0) is 11.0 Å². The van der Waals surface area contributed by atoms with E-state index in [1.54, 1.807) is 26.0 Å². The van der Waals surface area contributed by atoms with E-state index in [0.717, 1.165) is 18.4 Å². The number of nitriles is 1. The molecule has 0 aromatic heterocycles. The zero-order valence-corrected chi connectivity index (χ0v) is 12.7. The Morgan fingerprint density at radius 3 is 2.27 bits per heavy atom. The van der Waals surface area contributed by atoms with Crippen LogP contribution in [-0.4, -0.2) is 5.11 Å². The van der Waals surface area contributed by atoms with Crippen LogP contribution in [0.4, 0.5) is 4.39 Å². The molecule has 2 nitrogen and oxygen atoms in total. The first kappa shape index (κ1) is 14.7. The Kier molecular flexibility index (Phi) is 3.30. The molecule has 3 heteroatoms. The Morgan fingerprint density at radius 1 is 1.14 bits per heavy atom. The highest BCUT2D eigenvalue weighted by Crippen LogP contribution is 2.51. The minimum absolute atomic E-state index is 0.243.